The summed E-state index contributed by atoms with van der Waals surface area (Å²) in [4.78, 5) is 10.8. The van der Waals surface area contributed by atoms with Crippen LogP contribution in [-0.2, 0) is 11.3 Å². The van der Waals surface area contributed by atoms with E-state index >= 15 is 0 Å². The number of esters is 1. The van der Waals surface area contributed by atoms with Crippen molar-refractivity contribution in [2.75, 3.05) is 6.54 Å². The molecule has 0 aliphatic heterocycles. The molecule has 1 N–H and O–H groups in total. The van der Waals surface area contributed by atoms with E-state index in [1.165, 1.54) is 12.5 Å². The second-order valence-electron chi connectivity index (χ2n) is 4.55. The van der Waals surface area contributed by atoms with Gasteiger partial charge in [0.15, 0.2) is 0 Å². The van der Waals surface area contributed by atoms with E-state index in [2.05, 4.69) is 24.6 Å². The minimum atomic E-state index is -0.296. The number of rotatable bonds is 7. The van der Waals surface area contributed by atoms with Gasteiger partial charge in [0, 0.05) is 13.5 Å². The van der Waals surface area contributed by atoms with E-state index in [1.54, 1.807) is 0 Å². The van der Waals surface area contributed by atoms with Crippen LogP contribution in [0.2, 0.25) is 0 Å². The fourth-order valence-corrected chi connectivity index (χ4v) is 1.69. The van der Waals surface area contributed by atoms with Crippen molar-refractivity contribution in [3.63, 3.8) is 0 Å². The van der Waals surface area contributed by atoms with Gasteiger partial charge < -0.3 is 10.1 Å². The Balaban J connectivity index is 2.30. The molecule has 1 atom stereocenters. The zero-order valence-corrected chi connectivity index (χ0v) is 11.6. The molecule has 0 bridgehead atoms. The molecule has 1 unspecified atom stereocenters. The van der Waals surface area contributed by atoms with Gasteiger partial charge in [0.25, 0.3) is 0 Å². The fraction of sp³-hybridized carbons (Fsp3) is 0.375. The van der Waals surface area contributed by atoms with Crippen molar-refractivity contribution in [3.05, 3.63) is 48.2 Å². The summed E-state index contributed by atoms with van der Waals surface area (Å²) in [6.45, 7) is 8.87. The number of hydrogen-bond acceptors (Lipinski definition) is 3. The summed E-state index contributed by atoms with van der Waals surface area (Å²) in [5.41, 5.74) is 3.97. The predicted octanol–water partition coefficient (Wildman–Crippen LogP) is 3.07. The Bertz CT molecular complexity index is 444. The summed E-state index contributed by atoms with van der Waals surface area (Å²) in [6.07, 6.45) is 3.05. The topological polar surface area (TPSA) is 38.3 Å². The van der Waals surface area contributed by atoms with Crippen LogP contribution in [-0.4, -0.2) is 12.5 Å². The molecule has 0 heterocycles. The van der Waals surface area contributed by atoms with Crippen LogP contribution in [0.15, 0.2) is 42.7 Å². The Morgan fingerprint density at radius 3 is 2.74 bits per heavy atom. The average Bonchev–Trinajstić information content (AvgIpc) is 2.36. The molecule has 102 valence electrons. The number of ether oxygens (including phenoxy) is 1. The Morgan fingerprint density at radius 2 is 2.16 bits per heavy atom. The minimum Gasteiger partial charge on any atom is -0.427 e. The first-order chi connectivity index (χ1) is 9.11. The summed E-state index contributed by atoms with van der Waals surface area (Å²) in [5, 5.41) is 3.38. The van der Waals surface area contributed by atoms with Crippen LogP contribution in [0.3, 0.4) is 0 Å². The molecule has 1 aromatic carbocycles. The van der Waals surface area contributed by atoms with Crippen LogP contribution < -0.4 is 10.1 Å². The van der Waals surface area contributed by atoms with Gasteiger partial charge in [-0.1, -0.05) is 25.6 Å². The van der Waals surface area contributed by atoms with Crippen LogP contribution in [0.4, 0.5) is 0 Å². The second-order valence-corrected chi connectivity index (χ2v) is 4.55. The second kappa shape index (κ2) is 8.30. The molecule has 0 saturated carbocycles. The molecule has 0 spiro atoms. The summed E-state index contributed by atoms with van der Waals surface area (Å²) >= 11 is 0. The van der Waals surface area contributed by atoms with Gasteiger partial charge in [-0.25, -0.2) is 0 Å². The number of carbonyl (C=O) groups is 1. The predicted molar refractivity (Wildman–Crippen MR) is 76.9 cm³/mol. The Labute approximate surface area is 115 Å². The highest BCUT2D eigenvalue weighted by Crippen LogP contribution is 2.12. The Kier molecular flexibility index (Phi) is 6.65. The molecule has 19 heavy (non-hydrogen) atoms. The number of carbonyl (C=O) groups excluding carboxylic acids is 1. The fourth-order valence-electron chi connectivity index (χ4n) is 1.69. The van der Waals surface area contributed by atoms with Gasteiger partial charge in [-0.15, -0.1) is 5.73 Å². The molecule has 1 aromatic rings. The zero-order chi connectivity index (χ0) is 14.1. The van der Waals surface area contributed by atoms with E-state index in [1.807, 2.05) is 30.3 Å². The lowest BCUT2D eigenvalue weighted by molar-refractivity contribution is -0.131. The molecule has 1 rings (SSSR count). The molecule has 0 aromatic heterocycles. The highest BCUT2D eigenvalue weighted by molar-refractivity contribution is 5.69. The third-order valence-corrected chi connectivity index (χ3v) is 2.69. The molecular formula is C16H21NO2. The van der Waals surface area contributed by atoms with Crippen molar-refractivity contribution in [2.45, 2.75) is 26.8 Å². The van der Waals surface area contributed by atoms with Gasteiger partial charge >= 0.3 is 5.97 Å². The van der Waals surface area contributed by atoms with Crippen molar-refractivity contribution < 1.29 is 9.53 Å². The third kappa shape index (κ3) is 6.61. The van der Waals surface area contributed by atoms with E-state index in [4.69, 9.17) is 4.74 Å². The van der Waals surface area contributed by atoms with Crippen LogP contribution in [0.1, 0.15) is 25.8 Å². The van der Waals surface area contributed by atoms with Crippen molar-refractivity contribution >= 4 is 5.97 Å². The van der Waals surface area contributed by atoms with E-state index in [0.717, 1.165) is 19.5 Å². The summed E-state index contributed by atoms with van der Waals surface area (Å²) < 4.78 is 4.98. The quantitative estimate of drug-likeness (QED) is 0.354. The zero-order valence-electron chi connectivity index (χ0n) is 11.6. The minimum absolute atomic E-state index is 0.296. The van der Waals surface area contributed by atoms with Gasteiger partial charge in [0.05, 0.1) is 0 Å². The highest BCUT2D eigenvalue weighted by Gasteiger charge is 1.99. The molecule has 0 fully saturated rings. The van der Waals surface area contributed by atoms with E-state index in [-0.39, 0.29) is 5.97 Å². The first-order valence-electron chi connectivity index (χ1n) is 6.46. The molecule has 0 aliphatic carbocycles. The number of allylic oxidation sites excluding steroid dienone is 1. The van der Waals surface area contributed by atoms with Crippen LogP contribution in [0.25, 0.3) is 0 Å². The maximum absolute atomic E-state index is 10.8. The Morgan fingerprint density at radius 1 is 1.47 bits per heavy atom. The van der Waals surface area contributed by atoms with Crippen molar-refractivity contribution in [2.24, 2.45) is 5.92 Å². The molecule has 3 nitrogen and oxygen atoms in total. The maximum Gasteiger partial charge on any atom is 0.308 e. The highest BCUT2D eigenvalue weighted by atomic mass is 16.5. The third-order valence-electron chi connectivity index (χ3n) is 2.69. The molecule has 0 radical (unpaired) electrons. The molecule has 0 aliphatic rings. The van der Waals surface area contributed by atoms with Crippen molar-refractivity contribution in [1.29, 1.82) is 0 Å². The van der Waals surface area contributed by atoms with Crippen LogP contribution >= 0.6 is 0 Å². The molecule has 3 heteroatoms. The van der Waals surface area contributed by atoms with Gasteiger partial charge in [0.1, 0.15) is 5.75 Å². The first kappa shape index (κ1) is 15.2. The van der Waals surface area contributed by atoms with Gasteiger partial charge in [-0.05, 0) is 42.7 Å². The van der Waals surface area contributed by atoms with Crippen molar-refractivity contribution in [3.8, 4) is 5.75 Å². The van der Waals surface area contributed by atoms with Gasteiger partial charge in [-0.2, -0.15) is 0 Å². The van der Waals surface area contributed by atoms with Gasteiger partial charge in [-0.3, -0.25) is 4.79 Å². The number of hydrogen-bond donors (Lipinski definition) is 1. The summed E-state index contributed by atoms with van der Waals surface area (Å²) in [7, 11) is 0. The smallest absolute Gasteiger partial charge is 0.308 e. The molecular weight excluding hydrogens is 238 g/mol. The van der Waals surface area contributed by atoms with Crippen LogP contribution in [0, 0.1) is 5.92 Å². The largest absolute Gasteiger partial charge is 0.427 e. The maximum atomic E-state index is 10.8. The lowest BCUT2D eigenvalue weighted by Crippen LogP contribution is -2.16. The molecule has 0 amide bonds. The monoisotopic (exact) mass is 259 g/mol. The Hall–Kier alpha value is -1.83. The van der Waals surface area contributed by atoms with Gasteiger partial charge in [0.2, 0.25) is 0 Å². The average molecular weight is 259 g/mol. The standard InChI is InChI=1S/C16H21NO2/c1-4-5-13(2)10-11-17-12-15-6-8-16(9-7-15)19-14(3)18/h5-9,13,17H,1,10-12H2,2-3H3. The lowest BCUT2D eigenvalue weighted by Gasteiger charge is -2.08. The van der Waals surface area contributed by atoms with Crippen molar-refractivity contribution in [1.82, 2.24) is 5.32 Å². The molecule has 0 saturated heterocycles. The summed E-state index contributed by atoms with van der Waals surface area (Å²) in [6, 6.07) is 7.53. The number of benzene rings is 1. The summed E-state index contributed by atoms with van der Waals surface area (Å²) in [5.74, 6) is 0.785. The van der Waals surface area contributed by atoms with E-state index in [9.17, 15) is 4.79 Å². The normalized spacial score (nSPS) is 11.5. The van der Waals surface area contributed by atoms with E-state index in [0.29, 0.717) is 11.7 Å². The first-order valence-corrected chi connectivity index (χ1v) is 6.46. The van der Waals surface area contributed by atoms with Crippen LogP contribution in [0.5, 0.6) is 5.75 Å². The number of nitrogens with one attached hydrogen (secondary N) is 1. The lowest BCUT2D eigenvalue weighted by atomic mass is 10.1. The SMILES string of the molecule is C=C=CC(C)CCNCc1ccc(OC(C)=O)cc1. The van der Waals surface area contributed by atoms with E-state index < -0.39 is 0 Å².